The van der Waals surface area contributed by atoms with Crippen LogP contribution in [0.15, 0.2) is 36.4 Å². The molecule has 0 aliphatic heterocycles. The van der Waals surface area contributed by atoms with Crippen LogP contribution < -0.4 is 11.1 Å². The van der Waals surface area contributed by atoms with Gasteiger partial charge in [0, 0.05) is 6.54 Å². The number of anilines is 2. The molecule has 0 unspecified atom stereocenters. The number of nitrogens with one attached hydrogen (secondary N) is 1. The van der Waals surface area contributed by atoms with Crippen molar-refractivity contribution < 1.29 is 8.78 Å². The molecule has 2 rings (SSSR count). The molecule has 94 valence electrons. The zero-order valence-corrected chi connectivity index (χ0v) is 10.0. The van der Waals surface area contributed by atoms with Gasteiger partial charge in [0.25, 0.3) is 0 Å². The van der Waals surface area contributed by atoms with Gasteiger partial charge in [-0.2, -0.15) is 0 Å². The maximum atomic E-state index is 13.1. The molecule has 18 heavy (non-hydrogen) atoms. The van der Waals surface area contributed by atoms with Crippen LogP contribution in [-0.2, 0) is 6.54 Å². The molecule has 2 aromatic carbocycles. The molecule has 0 spiro atoms. The average Bonchev–Trinajstić information content (AvgIpc) is 2.34. The van der Waals surface area contributed by atoms with E-state index in [0.717, 1.165) is 5.56 Å². The molecule has 0 saturated carbocycles. The van der Waals surface area contributed by atoms with Crippen molar-refractivity contribution in [2.24, 2.45) is 0 Å². The lowest BCUT2D eigenvalue weighted by Crippen LogP contribution is -2.03. The van der Waals surface area contributed by atoms with Crippen LogP contribution in [-0.4, -0.2) is 0 Å². The summed E-state index contributed by atoms with van der Waals surface area (Å²) in [6.45, 7) is 2.17. The van der Waals surface area contributed by atoms with Crippen molar-refractivity contribution in [1.82, 2.24) is 0 Å². The van der Waals surface area contributed by atoms with E-state index in [0.29, 0.717) is 23.5 Å². The first-order valence-corrected chi connectivity index (χ1v) is 5.60. The predicted octanol–water partition coefficient (Wildman–Crippen LogP) is 3.47. The molecule has 2 nitrogen and oxygen atoms in total. The average molecular weight is 248 g/mol. The highest BCUT2D eigenvalue weighted by atomic mass is 19.1. The van der Waals surface area contributed by atoms with Gasteiger partial charge >= 0.3 is 0 Å². The van der Waals surface area contributed by atoms with E-state index in [4.69, 9.17) is 5.73 Å². The quantitative estimate of drug-likeness (QED) is 0.816. The number of nitrogens with two attached hydrogens (primary N) is 1. The van der Waals surface area contributed by atoms with E-state index >= 15 is 0 Å². The Hall–Kier alpha value is -2.10. The number of hydrogen-bond donors (Lipinski definition) is 2. The first kappa shape index (κ1) is 12.4. The van der Waals surface area contributed by atoms with Crippen LogP contribution in [0.2, 0.25) is 0 Å². The van der Waals surface area contributed by atoms with Crippen LogP contribution in [0.4, 0.5) is 20.2 Å². The summed E-state index contributed by atoms with van der Waals surface area (Å²) in [6.07, 6.45) is 0. The van der Waals surface area contributed by atoms with Crippen LogP contribution in [0.5, 0.6) is 0 Å². The minimum absolute atomic E-state index is 0.232. The Labute approximate surface area is 104 Å². The van der Waals surface area contributed by atoms with Gasteiger partial charge in [-0.25, -0.2) is 8.78 Å². The SMILES string of the molecule is Cc1cc(CNc2cc(F)ccc2N)ccc1F. The summed E-state index contributed by atoms with van der Waals surface area (Å²) in [6, 6.07) is 9.01. The molecule has 3 N–H and O–H groups in total. The van der Waals surface area contributed by atoms with Crippen LogP contribution in [0.1, 0.15) is 11.1 Å². The van der Waals surface area contributed by atoms with Crippen LogP contribution in [0.25, 0.3) is 0 Å². The maximum Gasteiger partial charge on any atom is 0.126 e. The maximum absolute atomic E-state index is 13.1. The number of halogens is 2. The lowest BCUT2D eigenvalue weighted by molar-refractivity contribution is 0.617. The molecule has 0 atom stereocenters. The summed E-state index contributed by atoms with van der Waals surface area (Å²) in [7, 11) is 0. The van der Waals surface area contributed by atoms with E-state index in [1.807, 2.05) is 0 Å². The van der Waals surface area contributed by atoms with Crippen molar-refractivity contribution >= 4 is 11.4 Å². The van der Waals surface area contributed by atoms with Gasteiger partial charge in [0.05, 0.1) is 11.4 Å². The third-order valence-corrected chi connectivity index (χ3v) is 2.72. The number of hydrogen-bond acceptors (Lipinski definition) is 2. The molecule has 0 aliphatic rings. The highest BCUT2D eigenvalue weighted by molar-refractivity contribution is 5.65. The van der Waals surface area contributed by atoms with Crippen molar-refractivity contribution in [2.45, 2.75) is 13.5 Å². The molecule has 0 aromatic heterocycles. The third-order valence-electron chi connectivity index (χ3n) is 2.72. The van der Waals surface area contributed by atoms with Crippen molar-refractivity contribution in [1.29, 1.82) is 0 Å². The number of benzene rings is 2. The van der Waals surface area contributed by atoms with E-state index in [1.54, 1.807) is 19.1 Å². The Bertz CT molecular complexity index is 568. The molecule has 0 saturated heterocycles. The molecule has 4 heteroatoms. The predicted molar refractivity (Wildman–Crippen MR) is 69.3 cm³/mol. The van der Waals surface area contributed by atoms with Gasteiger partial charge < -0.3 is 11.1 Å². The van der Waals surface area contributed by atoms with E-state index in [-0.39, 0.29) is 11.6 Å². The van der Waals surface area contributed by atoms with Crippen LogP contribution in [0.3, 0.4) is 0 Å². The molecule has 2 aromatic rings. The van der Waals surface area contributed by atoms with E-state index in [2.05, 4.69) is 5.32 Å². The molecule has 0 heterocycles. The summed E-state index contributed by atoms with van der Waals surface area (Å²) in [5.74, 6) is -0.578. The standard InChI is InChI=1S/C14H14F2N2/c1-9-6-10(2-4-12(9)16)8-18-14-7-11(15)3-5-13(14)17/h2-7,18H,8,17H2,1H3. The highest BCUT2D eigenvalue weighted by Gasteiger charge is 2.02. The molecule has 0 amide bonds. The molecule has 0 bridgehead atoms. The first-order valence-electron chi connectivity index (χ1n) is 5.60. The number of rotatable bonds is 3. The molecular formula is C14H14F2N2. The van der Waals surface area contributed by atoms with Gasteiger partial charge in [0.1, 0.15) is 11.6 Å². The summed E-state index contributed by atoms with van der Waals surface area (Å²) >= 11 is 0. The van der Waals surface area contributed by atoms with Gasteiger partial charge in [-0.05, 0) is 42.3 Å². The lowest BCUT2D eigenvalue weighted by Gasteiger charge is -2.10. The smallest absolute Gasteiger partial charge is 0.126 e. The van der Waals surface area contributed by atoms with Crippen LogP contribution >= 0.6 is 0 Å². The van der Waals surface area contributed by atoms with E-state index in [1.165, 1.54) is 24.3 Å². The molecule has 0 fully saturated rings. The Morgan fingerprint density at radius 2 is 1.89 bits per heavy atom. The zero-order valence-electron chi connectivity index (χ0n) is 10.0. The van der Waals surface area contributed by atoms with Crippen LogP contribution in [0, 0.1) is 18.6 Å². The summed E-state index contributed by atoms with van der Waals surface area (Å²) < 4.78 is 26.1. The van der Waals surface area contributed by atoms with Gasteiger partial charge in [-0.3, -0.25) is 0 Å². The second-order valence-corrected chi connectivity index (χ2v) is 4.17. The fourth-order valence-corrected chi connectivity index (χ4v) is 1.70. The molecular weight excluding hydrogens is 234 g/mol. The summed E-state index contributed by atoms with van der Waals surface area (Å²) in [4.78, 5) is 0. The Morgan fingerprint density at radius 1 is 1.11 bits per heavy atom. The highest BCUT2D eigenvalue weighted by Crippen LogP contribution is 2.20. The summed E-state index contributed by atoms with van der Waals surface area (Å²) in [5.41, 5.74) is 8.24. The topological polar surface area (TPSA) is 38.0 Å². The van der Waals surface area contributed by atoms with Gasteiger partial charge in [0.2, 0.25) is 0 Å². The molecule has 0 aliphatic carbocycles. The van der Waals surface area contributed by atoms with E-state index in [9.17, 15) is 8.78 Å². The number of nitrogen functional groups attached to an aromatic ring is 1. The normalized spacial score (nSPS) is 10.4. The van der Waals surface area contributed by atoms with Crippen molar-refractivity contribution in [3.8, 4) is 0 Å². The Morgan fingerprint density at radius 3 is 2.61 bits per heavy atom. The second-order valence-electron chi connectivity index (χ2n) is 4.17. The number of aryl methyl sites for hydroxylation is 1. The lowest BCUT2D eigenvalue weighted by atomic mass is 10.1. The van der Waals surface area contributed by atoms with Gasteiger partial charge in [-0.1, -0.05) is 12.1 Å². The zero-order chi connectivity index (χ0) is 13.1. The summed E-state index contributed by atoms with van der Waals surface area (Å²) in [5, 5.41) is 3.03. The monoisotopic (exact) mass is 248 g/mol. The fraction of sp³-hybridized carbons (Fsp3) is 0.143. The van der Waals surface area contributed by atoms with Gasteiger partial charge in [0.15, 0.2) is 0 Å². The molecule has 0 radical (unpaired) electrons. The van der Waals surface area contributed by atoms with Crippen molar-refractivity contribution in [2.75, 3.05) is 11.1 Å². The third kappa shape index (κ3) is 2.77. The first-order chi connectivity index (χ1) is 8.56. The largest absolute Gasteiger partial charge is 0.397 e. The Balaban J connectivity index is 2.11. The minimum Gasteiger partial charge on any atom is -0.397 e. The second kappa shape index (κ2) is 5.04. The Kier molecular flexibility index (Phi) is 3.46. The van der Waals surface area contributed by atoms with Crippen molar-refractivity contribution in [3.63, 3.8) is 0 Å². The fourth-order valence-electron chi connectivity index (χ4n) is 1.70. The van der Waals surface area contributed by atoms with E-state index < -0.39 is 0 Å². The minimum atomic E-state index is -0.345. The van der Waals surface area contributed by atoms with Gasteiger partial charge in [-0.15, -0.1) is 0 Å². The van der Waals surface area contributed by atoms with Crippen molar-refractivity contribution in [3.05, 3.63) is 59.2 Å².